The summed E-state index contributed by atoms with van der Waals surface area (Å²) in [6.07, 6.45) is 4.75. The van der Waals surface area contributed by atoms with E-state index >= 15 is 0 Å². The zero-order chi connectivity index (χ0) is 14.2. The Bertz CT molecular complexity index is 198. The first-order valence-electron chi connectivity index (χ1n) is 7.78. The van der Waals surface area contributed by atoms with Gasteiger partial charge in [-0.1, -0.05) is 48.0 Å². The van der Waals surface area contributed by atoms with Crippen molar-refractivity contribution in [2.75, 3.05) is 13.1 Å². The van der Waals surface area contributed by atoms with Crippen LogP contribution in [0, 0.1) is 5.92 Å². The van der Waals surface area contributed by atoms with Gasteiger partial charge in [0.1, 0.15) is 0 Å². The maximum absolute atomic E-state index is 5.91. The lowest BCUT2D eigenvalue weighted by Gasteiger charge is -2.49. The van der Waals surface area contributed by atoms with Crippen molar-refractivity contribution >= 4 is 0 Å². The van der Waals surface area contributed by atoms with Crippen LogP contribution in [0.3, 0.4) is 0 Å². The Morgan fingerprint density at radius 1 is 1.06 bits per heavy atom. The van der Waals surface area contributed by atoms with Crippen LogP contribution in [0.5, 0.6) is 0 Å². The number of hydrazine groups is 1. The van der Waals surface area contributed by atoms with Crippen molar-refractivity contribution in [1.82, 2.24) is 10.3 Å². The minimum atomic E-state index is 0.187. The third-order valence-corrected chi connectivity index (χ3v) is 4.69. The Morgan fingerprint density at radius 3 is 1.83 bits per heavy atom. The number of likely N-dealkylation sites (N-methyl/N-ethyl adjacent to an activating group) is 1. The van der Waals surface area contributed by atoms with Crippen LogP contribution in [0.25, 0.3) is 0 Å². The summed E-state index contributed by atoms with van der Waals surface area (Å²) in [5.41, 5.74) is 3.32. The molecule has 0 aromatic heterocycles. The lowest BCUT2D eigenvalue weighted by molar-refractivity contribution is 0.0276. The van der Waals surface area contributed by atoms with Crippen LogP contribution < -0.4 is 11.3 Å². The van der Waals surface area contributed by atoms with E-state index in [1.54, 1.807) is 0 Å². The van der Waals surface area contributed by atoms with Gasteiger partial charge in [-0.3, -0.25) is 16.2 Å². The lowest BCUT2D eigenvalue weighted by Crippen LogP contribution is -2.64. The minimum absolute atomic E-state index is 0.187. The minimum Gasteiger partial charge on any atom is -0.297 e. The van der Waals surface area contributed by atoms with E-state index in [4.69, 9.17) is 5.84 Å². The molecule has 0 aromatic carbocycles. The quantitative estimate of drug-likeness (QED) is 0.466. The molecule has 110 valence electrons. The van der Waals surface area contributed by atoms with Gasteiger partial charge in [0, 0.05) is 11.6 Å². The highest BCUT2D eigenvalue weighted by molar-refractivity contribution is 4.99. The fourth-order valence-electron chi connectivity index (χ4n) is 3.66. The molecule has 0 amide bonds. The van der Waals surface area contributed by atoms with Crippen molar-refractivity contribution in [2.45, 2.75) is 78.8 Å². The molecule has 2 atom stereocenters. The number of hydrogen-bond acceptors (Lipinski definition) is 3. The summed E-state index contributed by atoms with van der Waals surface area (Å²) in [6, 6.07) is 0.368. The van der Waals surface area contributed by atoms with Gasteiger partial charge < -0.3 is 0 Å². The van der Waals surface area contributed by atoms with Gasteiger partial charge in [-0.25, -0.2) is 0 Å². The van der Waals surface area contributed by atoms with E-state index in [1.165, 1.54) is 12.8 Å². The highest BCUT2D eigenvalue weighted by atomic mass is 15.3. The Hall–Kier alpha value is -0.120. The molecule has 0 bridgehead atoms. The van der Waals surface area contributed by atoms with Crippen molar-refractivity contribution in [2.24, 2.45) is 11.8 Å². The van der Waals surface area contributed by atoms with Crippen LogP contribution in [-0.4, -0.2) is 29.6 Å². The molecule has 0 fully saturated rings. The molecule has 0 rings (SSSR count). The van der Waals surface area contributed by atoms with Crippen LogP contribution in [-0.2, 0) is 0 Å². The largest absolute Gasteiger partial charge is 0.297 e. The van der Waals surface area contributed by atoms with Crippen LogP contribution >= 0.6 is 0 Å². The van der Waals surface area contributed by atoms with Gasteiger partial charge in [-0.05, 0) is 38.3 Å². The number of nitrogens with two attached hydrogens (primary N) is 1. The maximum atomic E-state index is 5.91. The molecular weight excluding hydrogens is 222 g/mol. The third kappa shape index (κ3) is 3.69. The molecule has 0 aliphatic rings. The fraction of sp³-hybridized carbons (Fsp3) is 1.00. The van der Waals surface area contributed by atoms with E-state index in [-0.39, 0.29) is 5.54 Å². The predicted molar refractivity (Wildman–Crippen MR) is 81.4 cm³/mol. The van der Waals surface area contributed by atoms with Gasteiger partial charge in [0.05, 0.1) is 0 Å². The first kappa shape index (κ1) is 17.9. The van der Waals surface area contributed by atoms with E-state index in [2.05, 4.69) is 51.9 Å². The molecule has 0 radical (unpaired) electrons. The summed E-state index contributed by atoms with van der Waals surface area (Å²) in [5, 5.41) is 0. The van der Waals surface area contributed by atoms with Crippen LogP contribution in [0.15, 0.2) is 0 Å². The fourth-order valence-corrected chi connectivity index (χ4v) is 3.66. The monoisotopic (exact) mass is 257 g/mol. The van der Waals surface area contributed by atoms with E-state index in [0.29, 0.717) is 12.0 Å². The highest BCUT2D eigenvalue weighted by Gasteiger charge is 2.41. The molecule has 2 unspecified atom stereocenters. The average molecular weight is 257 g/mol. The molecule has 0 aliphatic heterocycles. The molecule has 0 saturated carbocycles. The Kier molecular flexibility index (Phi) is 8.83. The predicted octanol–water partition coefficient (Wildman–Crippen LogP) is 3.16. The maximum Gasteiger partial charge on any atom is 0.0420 e. The first-order valence-corrected chi connectivity index (χ1v) is 7.78. The van der Waals surface area contributed by atoms with Gasteiger partial charge in [-0.2, -0.15) is 0 Å². The molecule has 3 heteroatoms. The van der Waals surface area contributed by atoms with Gasteiger partial charge >= 0.3 is 0 Å². The summed E-state index contributed by atoms with van der Waals surface area (Å²) in [6.45, 7) is 15.9. The van der Waals surface area contributed by atoms with Crippen molar-refractivity contribution in [3.05, 3.63) is 0 Å². The number of nitrogens with one attached hydrogen (secondary N) is 1. The van der Waals surface area contributed by atoms with Crippen molar-refractivity contribution < 1.29 is 0 Å². The van der Waals surface area contributed by atoms with E-state index in [9.17, 15) is 0 Å². The topological polar surface area (TPSA) is 41.3 Å². The van der Waals surface area contributed by atoms with Crippen LogP contribution in [0.1, 0.15) is 67.2 Å². The van der Waals surface area contributed by atoms with E-state index in [1.807, 2.05) is 0 Å². The molecule has 0 saturated heterocycles. The highest BCUT2D eigenvalue weighted by Crippen LogP contribution is 2.32. The van der Waals surface area contributed by atoms with Crippen LogP contribution in [0.4, 0.5) is 0 Å². The SMILES string of the molecule is CCCC(C)C(NN)C(CC)(CC)N(CC)CC. The van der Waals surface area contributed by atoms with Gasteiger partial charge in [-0.15, -0.1) is 0 Å². The number of rotatable bonds is 10. The second-order valence-corrected chi connectivity index (χ2v) is 5.39. The molecule has 18 heavy (non-hydrogen) atoms. The van der Waals surface area contributed by atoms with Gasteiger partial charge in [0.2, 0.25) is 0 Å². The molecular formula is C15H35N3. The first-order chi connectivity index (χ1) is 8.57. The van der Waals surface area contributed by atoms with E-state index in [0.717, 1.165) is 25.9 Å². The Balaban J connectivity index is 5.24. The molecule has 0 aromatic rings. The summed E-state index contributed by atoms with van der Waals surface area (Å²) in [5.74, 6) is 6.52. The average Bonchev–Trinajstić information content (AvgIpc) is 2.39. The van der Waals surface area contributed by atoms with E-state index < -0.39 is 0 Å². The van der Waals surface area contributed by atoms with Gasteiger partial charge in [0.15, 0.2) is 0 Å². The third-order valence-electron chi connectivity index (χ3n) is 4.69. The second kappa shape index (κ2) is 8.89. The zero-order valence-electron chi connectivity index (χ0n) is 13.4. The zero-order valence-corrected chi connectivity index (χ0v) is 13.4. The number of hydrogen-bond donors (Lipinski definition) is 2. The normalized spacial score (nSPS) is 16.0. The van der Waals surface area contributed by atoms with Crippen molar-refractivity contribution in [3.63, 3.8) is 0 Å². The van der Waals surface area contributed by atoms with Crippen molar-refractivity contribution in [1.29, 1.82) is 0 Å². The summed E-state index contributed by atoms with van der Waals surface area (Å²) < 4.78 is 0. The Morgan fingerprint density at radius 2 is 1.56 bits per heavy atom. The molecule has 0 aliphatic carbocycles. The number of nitrogens with zero attached hydrogens (tertiary/aromatic N) is 1. The smallest absolute Gasteiger partial charge is 0.0420 e. The Labute approximate surface area is 114 Å². The standard InChI is InChI=1S/C15H35N3/c1-7-12-13(6)14(17-16)15(8-2,9-3)18(10-4)11-5/h13-14,17H,7-12,16H2,1-6H3. The lowest BCUT2D eigenvalue weighted by atomic mass is 9.76. The summed E-state index contributed by atoms with van der Waals surface area (Å²) >= 11 is 0. The summed E-state index contributed by atoms with van der Waals surface area (Å²) in [7, 11) is 0. The molecule has 3 N–H and O–H groups in total. The summed E-state index contributed by atoms with van der Waals surface area (Å²) in [4.78, 5) is 2.59. The van der Waals surface area contributed by atoms with Gasteiger partial charge in [0.25, 0.3) is 0 Å². The molecule has 3 nitrogen and oxygen atoms in total. The van der Waals surface area contributed by atoms with Crippen LogP contribution in [0.2, 0.25) is 0 Å². The second-order valence-electron chi connectivity index (χ2n) is 5.39. The molecule has 0 heterocycles. The molecule has 0 spiro atoms. The van der Waals surface area contributed by atoms with Crippen molar-refractivity contribution in [3.8, 4) is 0 Å².